The maximum atomic E-state index is 14.3. The molecule has 4 heteroatoms. The molecule has 0 fully saturated rings. The van der Waals surface area contributed by atoms with Crippen molar-refractivity contribution in [3.8, 4) is 22.6 Å². The largest absolute Gasteiger partial charge is 0.493 e. The molecule has 0 aliphatic rings. The van der Waals surface area contributed by atoms with Crippen molar-refractivity contribution in [2.45, 2.75) is 32.6 Å². The summed E-state index contributed by atoms with van der Waals surface area (Å²) in [5.41, 5.74) is 1.97. The topological polar surface area (TPSA) is 35.5 Å². The van der Waals surface area contributed by atoms with Crippen molar-refractivity contribution in [3.63, 3.8) is 0 Å². The van der Waals surface area contributed by atoms with Crippen LogP contribution in [0.5, 0.6) is 11.5 Å². The smallest absolute Gasteiger partial charge is 0.346 e. The molecular formula is C25H25FO3. The van der Waals surface area contributed by atoms with Crippen LogP contribution in [0, 0.1) is 5.82 Å². The van der Waals surface area contributed by atoms with Crippen molar-refractivity contribution in [2.24, 2.45) is 0 Å². The van der Waals surface area contributed by atoms with Gasteiger partial charge in [-0.25, -0.2) is 9.18 Å². The van der Waals surface area contributed by atoms with E-state index in [9.17, 15) is 9.18 Å². The van der Waals surface area contributed by atoms with Crippen LogP contribution in [0.25, 0.3) is 11.1 Å². The van der Waals surface area contributed by atoms with Crippen molar-refractivity contribution in [3.05, 3.63) is 84.2 Å². The zero-order chi connectivity index (χ0) is 20.5. The number of unbranched alkanes of at least 4 members (excludes halogenated alkanes) is 3. The molecule has 0 heterocycles. The molecule has 3 aromatic carbocycles. The van der Waals surface area contributed by atoms with Gasteiger partial charge in [0.1, 0.15) is 17.3 Å². The fraction of sp³-hybridized carbons (Fsp3) is 0.240. The quantitative estimate of drug-likeness (QED) is 0.232. The van der Waals surface area contributed by atoms with Gasteiger partial charge in [-0.2, -0.15) is 0 Å². The van der Waals surface area contributed by atoms with E-state index in [2.05, 4.69) is 6.92 Å². The fourth-order valence-electron chi connectivity index (χ4n) is 2.98. The number of carbonyl (C=O) groups excluding carboxylic acids is 1. The van der Waals surface area contributed by atoms with Gasteiger partial charge in [0.05, 0.1) is 12.2 Å². The van der Waals surface area contributed by atoms with Crippen molar-refractivity contribution in [2.75, 3.05) is 6.61 Å². The maximum Gasteiger partial charge on any atom is 0.346 e. The number of benzene rings is 3. The molecule has 0 aromatic heterocycles. The predicted octanol–water partition coefficient (Wildman–Crippen LogP) is 6.67. The molecule has 0 saturated heterocycles. The molecule has 0 atom stereocenters. The zero-order valence-electron chi connectivity index (χ0n) is 16.6. The Morgan fingerprint density at radius 2 is 1.52 bits per heavy atom. The summed E-state index contributed by atoms with van der Waals surface area (Å²) in [6.45, 7) is 2.68. The van der Waals surface area contributed by atoms with E-state index in [1.54, 1.807) is 18.2 Å². The third-order valence-corrected chi connectivity index (χ3v) is 4.60. The van der Waals surface area contributed by atoms with Crippen molar-refractivity contribution >= 4 is 5.97 Å². The SMILES string of the molecule is CCCCCCOc1ccc(C(=O)Oc2ccc(-c3ccccc3)cc2)c(F)c1. The van der Waals surface area contributed by atoms with Gasteiger partial charge in [0.2, 0.25) is 0 Å². The second kappa shape index (κ2) is 10.4. The molecular weight excluding hydrogens is 367 g/mol. The van der Waals surface area contributed by atoms with Gasteiger partial charge in [-0.1, -0.05) is 68.7 Å². The standard InChI is InChI=1S/C25H25FO3/c1-2-3-4-8-17-28-22-15-16-23(24(26)18-22)25(27)29-21-13-11-20(12-14-21)19-9-6-5-7-10-19/h5-7,9-16,18H,2-4,8,17H2,1H3. The van der Waals surface area contributed by atoms with Gasteiger partial charge in [-0.05, 0) is 41.8 Å². The molecule has 3 nitrogen and oxygen atoms in total. The molecule has 0 spiro atoms. The van der Waals surface area contributed by atoms with E-state index in [1.807, 2.05) is 42.5 Å². The summed E-state index contributed by atoms with van der Waals surface area (Å²) in [5.74, 6) is -0.598. The summed E-state index contributed by atoms with van der Waals surface area (Å²) < 4.78 is 25.2. The van der Waals surface area contributed by atoms with Crippen LogP contribution in [0.4, 0.5) is 4.39 Å². The van der Waals surface area contributed by atoms with Crippen LogP contribution in [0.3, 0.4) is 0 Å². The van der Waals surface area contributed by atoms with Crippen LogP contribution < -0.4 is 9.47 Å². The summed E-state index contributed by atoms with van der Waals surface area (Å²) in [6, 6.07) is 21.2. The van der Waals surface area contributed by atoms with E-state index in [0.717, 1.165) is 36.8 Å². The van der Waals surface area contributed by atoms with Crippen molar-refractivity contribution in [1.29, 1.82) is 0 Å². The van der Waals surface area contributed by atoms with Crippen LogP contribution >= 0.6 is 0 Å². The molecule has 0 aliphatic heterocycles. The average molecular weight is 392 g/mol. The number of hydrogen-bond donors (Lipinski definition) is 0. The Morgan fingerprint density at radius 1 is 0.828 bits per heavy atom. The zero-order valence-corrected chi connectivity index (χ0v) is 16.6. The Balaban J connectivity index is 1.59. The van der Waals surface area contributed by atoms with Crippen molar-refractivity contribution in [1.82, 2.24) is 0 Å². The third kappa shape index (κ3) is 5.92. The lowest BCUT2D eigenvalue weighted by Crippen LogP contribution is -2.11. The maximum absolute atomic E-state index is 14.3. The Kier molecular flexibility index (Phi) is 7.40. The van der Waals surface area contributed by atoms with Gasteiger partial charge in [-0.15, -0.1) is 0 Å². The lowest BCUT2D eigenvalue weighted by atomic mass is 10.1. The number of hydrogen-bond acceptors (Lipinski definition) is 3. The van der Waals surface area contributed by atoms with Crippen LogP contribution in [0.1, 0.15) is 43.0 Å². The molecule has 0 bridgehead atoms. The molecule has 0 radical (unpaired) electrons. The second-order valence-corrected chi connectivity index (χ2v) is 6.83. The first-order valence-corrected chi connectivity index (χ1v) is 9.97. The average Bonchev–Trinajstić information content (AvgIpc) is 2.75. The number of carbonyl (C=O) groups is 1. The van der Waals surface area contributed by atoms with Crippen LogP contribution in [-0.4, -0.2) is 12.6 Å². The van der Waals surface area contributed by atoms with Gasteiger partial charge in [-0.3, -0.25) is 0 Å². The summed E-state index contributed by atoms with van der Waals surface area (Å²) >= 11 is 0. The summed E-state index contributed by atoms with van der Waals surface area (Å²) in [5, 5.41) is 0. The summed E-state index contributed by atoms with van der Waals surface area (Å²) in [7, 11) is 0. The minimum atomic E-state index is -0.732. The van der Waals surface area contributed by atoms with E-state index in [-0.39, 0.29) is 5.56 Å². The Hall–Kier alpha value is -3.14. The van der Waals surface area contributed by atoms with E-state index < -0.39 is 11.8 Å². The second-order valence-electron chi connectivity index (χ2n) is 6.83. The molecule has 0 amide bonds. The van der Waals surface area contributed by atoms with Gasteiger partial charge in [0.25, 0.3) is 0 Å². The van der Waals surface area contributed by atoms with Gasteiger partial charge in [0, 0.05) is 6.07 Å². The highest BCUT2D eigenvalue weighted by Gasteiger charge is 2.15. The monoisotopic (exact) mass is 392 g/mol. The molecule has 3 aromatic rings. The highest BCUT2D eigenvalue weighted by Crippen LogP contribution is 2.24. The predicted molar refractivity (Wildman–Crippen MR) is 113 cm³/mol. The molecule has 0 N–H and O–H groups in total. The lowest BCUT2D eigenvalue weighted by Gasteiger charge is -2.09. The number of halogens is 1. The van der Waals surface area contributed by atoms with Crippen molar-refractivity contribution < 1.29 is 18.7 Å². The summed E-state index contributed by atoms with van der Waals surface area (Å²) in [4.78, 5) is 12.3. The first-order valence-electron chi connectivity index (χ1n) is 9.97. The minimum absolute atomic E-state index is 0.115. The molecule has 150 valence electrons. The highest BCUT2D eigenvalue weighted by molar-refractivity contribution is 5.91. The first kappa shape index (κ1) is 20.6. The minimum Gasteiger partial charge on any atom is -0.493 e. The normalized spacial score (nSPS) is 10.6. The first-order chi connectivity index (χ1) is 14.2. The fourth-order valence-corrected chi connectivity index (χ4v) is 2.98. The van der Waals surface area contributed by atoms with Crippen LogP contribution in [0.15, 0.2) is 72.8 Å². The van der Waals surface area contributed by atoms with Crippen LogP contribution in [-0.2, 0) is 0 Å². The number of esters is 1. The third-order valence-electron chi connectivity index (χ3n) is 4.60. The van der Waals surface area contributed by atoms with E-state index in [1.165, 1.54) is 12.1 Å². The number of ether oxygens (including phenoxy) is 2. The Morgan fingerprint density at radius 3 is 2.21 bits per heavy atom. The van der Waals surface area contributed by atoms with E-state index in [4.69, 9.17) is 9.47 Å². The molecule has 0 unspecified atom stereocenters. The van der Waals surface area contributed by atoms with Gasteiger partial charge >= 0.3 is 5.97 Å². The molecule has 3 rings (SSSR count). The van der Waals surface area contributed by atoms with E-state index >= 15 is 0 Å². The van der Waals surface area contributed by atoms with E-state index in [0.29, 0.717) is 18.1 Å². The molecule has 0 saturated carbocycles. The molecule has 29 heavy (non-hydrogen) atoms. The Bertz CT molecular complexity index is 921. The lowest BCUT2D eigenvalue weighted by molar-refractivity contribution is 0.0730. The van der Waals surface area contributed by atoms with Gasteiger partial charge in [0.15, 0.2) is 0 Å². The molecule has 0 aliphatic carbocycles. The van der Waals surface area contributed by atoms with Gasteiger partial charge < -0.3 is 9.47 Å². The summed E-state index contributed by atoms with van der Waals surface area (Å²) in [6.07, 6.45) is 4.33. The van der Waals surface area contributed by atoms with Crippen LogP contribution in [0.2, 0.25) is 0 Å². The number of rotatable bonds is 9. The highest BCUT2D eigenvalue weighted by atomic mass is 19.1. The Labute approximate surface area is 171 Å².